The van der Waals surface area contributed by atoms with Crippen molar-refractivity contribution >= 4 is 35.3 Å². The van der Waals surface area contributed by atoms with Crippen molar-refractivity contribution in [3.63, 3.8) is 0 Å². The average Bonchev–Trinajstić information content (AvgIpc) is 2.71. The van der Waals surface area contributed by atoms with Gasteiger partial charge < -0.3 is 10.1 Å². The van der Waals surface area contributed by atoms with E-state index >= 15 is 0 Å². The van der Waals surface area contributed by atoms with Crippen molar-refractivity contribution in [2.45, 2.75) is 18.9 Å². The van der Waals surface area contributed by atoms with Gasteiger partial charge in [-0.15, -0.1) is 0 Å². The number of ketones is 1. The monoisotopic (exact) mass is 402 g/mol. The van der Waals surface area contributed by atoms with Gasteiger partial charge in [-0.2, -0.15) is 0 Å². The summed E-state index contributed by atoms with van der Waals surface area (Å²) in [5.74, 6) is -1.77. The summed E-state index contributed by atoms with van der Waals surface area (Å²) in [6, 6.07) is 13.9. The molecule has 0 radical (unpaired) electrons. The number of halogens is 1. The van der Waals surface area contributed by atoms with Gasteiger partial charge in [-0.1, -0.05) is 41.9 Å². The fourth-order valence-corrected chi connectivity index (χ4v) is 2.45. The first kappa shape index (κ1) is 21.1. The van der Waals surface area contributed by atoms with E-state index in [4.69, 9.17) is 16.3 Å². The third-order valence-corrected chi connectivity index (χ3v) is 4.03. The number of carbonyl (C=O) groups is 4. The predicted molar refractivity (Wildman–Crippen MR) is 103 cm³/mol. The number of urea groups is 1. The number of amides is 3. The molecule has 2 rings (SSSR count). The molecule has 0 bridgehead atoms. The van der Waals surface area contributed by atoms with Gasteiger partial charge in [0.25, 0.3) is 5.91 Å². The smallest absolute Gasteiger partial charge is 0.321 e. The maximum atomic E-state index is 12.3. The van der Waals surface area contributed by atoms with Crippen molar-refractivity contribution in [3.05, 3.63) is 70.7 Å². The molecule has 146 valence electrons. The molecule has 1 unspecified atom stereocenters. The lowest BCUT2D eigenvalue weighted by atomic mass is 10.1. The van der Waals surface area contributed by atoms with Crippen LogP contribution in [0.4, 0.5) is 4.79 Å². The molecule has 8 heteroatoms. The molecule has 7 nitrogen and oxygen atoms in total. The van der Waals surface area contributed by atoms with Crippen LogP contribution in [-0.2, 0) is 14.3 Å². The van der Waals surface area contributed by atoms with E-state index in [9.17, 15) is 19.2 Å². The Kier molecular flexibility index (Phi) is 7.71. The van der Waals surface area contributed by atoms with Crippen LogP contribution in [0.25, 0.3) is 0 Å². The lowest BCUT2D eigenvalue weighted by Crippen LogP contribution is -2.41. The third kappa shape index (κ3) is 6.21. The van der Waals surface area contributed by atoms with E-state index in [0.29, 0.717) is 16.1 Å². The number of rotatable bonds is 7. The van der Waals surface area contributed by atoms with Crippen LogP contribution in [0.2, 0.25) is 5.02 Å². The molecular formula is C20H19ClN2O5. The van der Waals surface area contributed by atoms with Crippen LogP contribution in [0.1, 0.15) is 34.9 Å². The van der Waals surface area contributed by atoms with Crippen molar-refractivity contribution < 1.29 is 23.9 Å². The number of imide groups is 1. The van der Waals surface area contributed by atoms with Crippen molar-refractivity contribution in [2.75, 3.05) is 7.05 Å². The minimum Gasteiger partial charge on any atom is -0.447 e. The van der Waals surface area contributed by atoms with Crippen LogP contribution in [-0.4, -0.2) is 30.7 Å². The summed E-state index contributed by atoms with van der Waals surface area (Å²) >= 11 is 5.78. The fraction of sp³-hybridized carbons (Fsp3) is 0.200. The fourth-order valence-electron chi connectivity index (χ4n) is 2.33. The van der Waals surface area contributed by atoms with Gasteiger partial charge in [0.15, 0.2) is 5.78 Å². The van der Waals surface area contributed by atoms with Crippen molar-refractivity contribution in [1.29, 1.82) is 0 Å². The summed E-state index contributed by atoms with van der Waals surface area (Å²) in [6.07, 6.45) is -1.60. The topological polar surface area (TPSA) is 102 Å². The van der Waals surface area contributed by atoms with Gasteiger partial charge in [0.2, 0.25) is 6.10 Å². The van der Waals surface area contributed by atoms with E-state index < -0.39 is 24.0 Å². The molecule has 3 amide bonds. The molecule has 1 atom stereocenters. The molecule has 0 spiro atoms. The first-order valence-corrected chi connectivity index (χ1v) is 8.84. The lowest BCUT2D eigenvalue weighted by molar-refractivity contribution is -0.156. The van der Waals surface area contributed by atoms with E-state index in [1.165, 1.54) is 7.05 Å². The molecule has 0 aromatic heterocycles. The molecule has 2 aromatic rings. The molecule has 0 aliphatic carbocycles. The SMILES string of the molecule is CNC(=O)NC(=O)C(OC(=O)CCC(=O)c1ccc(Cl)cc1)c1ccccc1. The zero-order valence-electron chi connectivity index (χ0n) is 15.1. The van der Waals surface area contributed by atoms with Crippen LogP contribution >= 0.6 is 11.6 Å². The molecular weight excluding hydrogens is 384 g/mol. The molecule has 0 heterocycles. The second-order valence-corrected chi connectivity index (χ2v) is 6.22. The Morgan fingerprint density at radius 1 is 0.964 bits per heavy atom. The highest BCUT2D eigenvalue weighted by Gasteiger charge is 2.26. The van der Waals surface area contributed by atoms with Gasteiger partial charge >= 0.3 is 12.0 Å². The minimum atomic E-state index is -1.31. The number of ether oxygens (including phenoxy) is 1. The molecule has 0 fully saturated rings. The van der Waals surface area contributed by atoms with Crippen LogP contribution in [0.5, 0.6) is 0 Å². The maximum absolute atomic E-state index is 12.3. The highest BCUT2D eigenvalue weighted by atomic mass is 35.5. The number of hydrogen-bond acceptors (Lipinski definition) is 5. The van der Waals surface area contributed by atoms with Crippen LogP contribution in [0.15, 0.2) is 54.6 Å². The Labute approximate surface area is 167 Å². The molecule has 0 saturated carbocycles. The van der Waals surface area contributed by atoms with E-state index in [0.717, 1.165) is 0 Å². The van der Waals surface area contributed by atoms with Gasteiger partial charge in [0.1, 0.15) is 0 Å². The van der Waals surface area contributed by atoms with E-state index in [-0.39, 0.29) is 18.6 Å². The zero-order chi connectivity index (χ0) is 20.5. The summed E-state index contributed by atoms with van der Waals surface area (Å²) < 4.78 is 5.24. The highest BCUT2D eigenvalue weighted by molar-refractivity contribution is 6.30. The van der Waals surface area contributed by atoms with Gasteiger partial charge in [0, 0.05) is 29.6 Å². The highest BCUT2D eigenvalue weighted by Crippen LogP contribution is 2.19. The molecule has 2 N–H and O–H groups in total. The first-order valence-electron chi connectivity index (χ1n) is 8.46. The van der Waals surface area contributed by atoms with Gasteiger partial charge in [0.05, 0.1) is 6.42 Å². The maximum Gasteiger partial charge on any atom is 0.321 e. The van der Waals surface area contributed by atoms with Crippen molar-refractivity contribution in [3.8, 4) is 0 Å². The Morgan fingerprint density at radius 2 is 1.61 bits per heavy atom. The lowest BCUT2D eigenvalue weighted by Gasteiger charge is -2.17. The van der Waals surface area contributed by atoms with Crippen LogP contribution in [0, 0.1) is 0 Å². The molecule has 28 heavy (non-hydrogen) atoms. The molecule has 2 aromatic carbocycles. The standard InChI is InChI=1S/C20H19ClN2O5/c1-22-20(27)23-19(26)18(14-5-3-2-4-6-14)28-17(25)12-11-16(24)13-7-9-15(21)10-8-13/h2-10,18H,11-12H2,1H3,(H2,22,23,26,27). The first-order chi connectivity index (χ1) is 13.4. The summed E-state index contributed by atoms with van der Waals surface area (Å²) in [7, 11) is 1.36. The van der Waals surface area contributed by atoms with Crippen LogP contribution < -0.4 is 10.6 Å². The number of esters is 1. The van der Waals surface area contributed by atoms with Gasteiger partial charge in [-0.05, 0) is 24.3 Å². The average molecular weight is 403 g/mol. The number of nitrogens with one attached hydrogen (secondary N) is 2. The van der Waals surface area contributed by atoms with Gasteiger partial charge in [-0.3, -0.25) is 19.7 Å². The quantitative estimate of drug-likeness (QED) is 0.547. The second kappa shape index (κ2) is 10.2. The van der Waals surface area contributed by atoms with Crippen LogP contribution in [0.3, 0.4) is 0 Å². The van der Waals surface area contributed by atoms with E-state index in [1.54, 1.807) is 54.6 Å². The normalized spacial score (nSPS) is 11.2. The second-order valence-electron chi connectivity index (χ2n) is 5.78. The summed E-state index contributed by atoms with van der Waals surface area (Å²) in [5.41, 5.74) is 0.829. The summed E-state index contributed by atoms with van der Waals surface area (Å²) in [5, 5.41) is 4.84. The predicted octanol–water partition coefficient (Wildman–Crippen LogP) is 3.04. The Balaban J connectivity index is 2.01. The Morgan fingerprint density at radius 3 is 2.21 bits per heavy atom. The summed E-state index contributed by atoms with van der Waals surface area (Å²) in [6.45, 7) is 0. The molecule has 0 aliphatic heterocycles. The third-order valence-electron chi connectivity index (χ3n) is 3.78. The summed E-state index contributed by atoms with van der Waals surface area (Å²) in [4.78, 5) is 48.1. The molecule has 0 aliphatic rings. The largest absolute Gasteiger partial charge is 0.447 e. The number of carbonyl (C=O) groups excluding carboxylic acids is 4. The van der Waals surface area contributed by atoms with Crippen molar-refractivity contribution in [1.82, 2.24) is 10.6 Å². The Hall–Kier alpha value is -3.19. The number of benzene rings is 2. The zero-order valence-corrected chi connectivity index (χ0v) is 15.9. The molecule has 0 saturated heterocycles. The number of hydrogen-bond donors (Lipinski definition) is 2. The Bertz CT molecular complexity index is 853. The number of Topliss-reactive ketones (excluding diaryl/α,β-unsaturated/α-hetero) is 1. The van der Waals surface area contributed by atoms with E-state index in [2.05, 4.69) is 10.6 Å². The van der Waals surface area contributed by atoms with E-state index in [1.807, 2.05) is 0 Å². The minimum absolute atomic E-state index is 0.0843. The van der Waals surface area contributed by atoms with Crippen molar-refractivity contribution in [2.24, 2.45) is 0 Å². The van der Waals surface area contributed by atoms with Gasteiger partial charge in [-0.25, -0.2) is 4.79 Å².